The zero-order valence-corrected chi connectivity index (χ0v) is 30.2. The molecule has 4 aromatic carbocycles. The van der Waals surface area contributed by atoms with E-state index < -0.39 is 17.3 Å². The highest BCUT2D eigenvalue weighted by Crippen LogP contribution is 2.38. The number of methoxy groups -OCH3 is 2. The fourth-order valence-electron chi connectivity index (χ4n) is 5.69. The average Bonchev–Trinajstić information content (AvgIpc) is 3.97. The van der Waals surface area contributed by atoms with Gasteiger partial charge in [0.1, 0.15) is 17.2 Å². The first kappa shape index (κ1) is 36.2. The van der Waals surface area contributed by atoms with E-state index in [2.05, 4.69) is 30.6 Å². The van der Waals surface area contributed by atoms with Crippen LogP contribution in [0.3, 0.4) is 0 Å². The van der Waals surface area contributed by atoms with Gasteiger partial charge in [0.05, 0.1) is 25.6 Å². The molecule has 1 heterocycles. The number of fused-ring (bicyclic) bond motifs is 1. The first-order chi connectivity index (χ1) is 24.9. The highest BCUT2D eigenvalue weighted by Gasteiger charge is 2.31. The van der Waals surface area contributed by atoms with E-state index in [1.807, 2.05) is 57.2 Å². The van der Waals surface area contributed by atoms with Crippen molar-refractivity contribution in [2.24, 2.45) is 5.92 Å². The van der Waals surface area contributed by atoms with Crippen LogP contribution in [0.4, 0.5) is 27.8 Å². The largest absolute Gasteiger partial charge is 0.497 e. The Morgan fingerprint density at radius 2 is 1.67 bits per heavy atom. The van der Waals surface area contributed by atoms with Gasteiger partial charge in [-0.3, -0.25) is 9.35 Å². The van der Waals surface area contributed by atoms with Crippen LogP contribution in [0, 0.1) is 5.92 Å². The van der Waals surface area contributed by atoms with Crippen molar-refractivity contribution in [1.29, 1.82) is 0 Å². The van der Waals surface area contributed by atoms with Crippen molar-refractivity contribution in [3.05, 3.63) is 95.7 Å². The summed E-state index contributed by atoms with van der Waals surface area (Å²) in [5.74, 6) is 2.12. The molecule has 13 nitrogen and oxygen atoms in total. The first-order valence-corrected chi connectivity index (χ1v) is 17.7. The van der Waals surface area contributed by atoms with Gasteiger partial charge in [-0.15, -0.1) is 0 Å². The molecular formula is C38H40N6O7S. The lowest BCUT2D eigenvalue weighted by Gasteiger charge is -2.24. The van der Waals surface area contributed by atoms with E-state index in [0.29, 0.717) is 45.4 Å². The molecule has 1 atom stereocenters. The Morgan fingerprint density at radius 1 is 0.923 bits per heavy atom. The quantitative estimate of drug-likeness (QED) is 0.0593. The minimum atomic E-state index is -2.23. The van der Waals surface area contributed by atoms with Gasteiger partial charge in [0.2, 0.25) is 23.1 Å². The van der Waals surface area contributed by atoms with Gasteiger partial charge >= 0.3 is 6.03 Å². The normalized spacial score (nSPS) is 13.3. The van der Waals surface area contributed by atoms with Crippen LogP contribution in [0.25, 0.3) is 10.8 Å². The van der Waals surface area contributed by atoms with Crippen LogP contribution in [-0.4, -0.2) is 44.8 Å². The number of nitrogens with one attached hydrogen (secondary N) is 4. The number of amides is 2. The molecule has 14 heteroatoms. The molecule has 5 N–H and O–H groups in total. The molecule has 1 fully saturated rings. The molecular weight excluding hydrogens is 685 g/mol. The molecule has 1 aliphatic rings. The number of hydrogen-bond donors (Lipinski definition) is 5. The lowest BCUT2D eigenvalue weighted by Crippen LogP contribution is -2.22. The average molecular weight is 725 g/mol. The van der Waals surface area contributed by atoms with Crippen LogP contribution >= 0.6 is 0 Å². The molecule has 1 unspecified atom stereocenters. The molecule has 5 aromatic rings. The summed E-state index contributed by atoms with van der Waals surface area (Å²) in [6, 6.07) is 21.1. The molecule has 0 radical (unpaired) electrons. The molecule has 1 aliphatic carbocycles. The Hall–Kier alpha value is -5.57. The summed E-state index contributed by atoms with van der Waals surface area (Å²) in [6.45, 7) is 6.14. The Labute approximate surface area is 303 Å². The zero-order chi connectivity index (χ0) is 37.0. The van der Waals surface area contributed by atoms with Crippen LogP contribution in [0.1, 0.15) is 55.1 Å². The standard InChI is InChI=1S/C38H40N6O7S/c1-38(2,3)25-16-24(21-40-52(47)48)35(50-5)31(19-25)43-37(46)42-30-12-13-32(29-9-7-6-8-28(29)30)51-33-14-15-39-36(44-33)41-26-17-23(18-27(20-26)49-4)34(45)22-10-11-22/h6-9,12-20,22,40H,10-11,21H2,1-5H3,(H,47,48)(H,39,41,44)(H2,42,43,46). The number of rotatable bonds is 13. The lowest BCUT2D eigenvalue weighted by atomic mass is 9.85. The van der Waals surface area contributed by atoms with E-state index in [1.165, 1.54) is 7.11 Å². The number of urea groups is 1. The highest BCUT2D eigenvalue weighted by molar-refractivity contribution is 7.77. The van der Waals surface area contributed by atoms with E-state index in [-0.39, 0.29) is 35.5 Å². The van der Waals surface area contributed by atoms with Gasteiger partial charge in [-0.2, -0.15) is 4.98 Å². The van der Waals surface area contributed by atoms with Crippen LogP contribution in [0.5, 0.6) is 23.1 Å². The molecule has 270 valence electrons. The molecule has 52 heavy (non-hydrogen) atoms. The predicted octanol–water partition coefficient (Wildman–Crippen LogP) is 7.94. The number of aromatic nitrogens is 2. The number of hydrogen-bond acceptors (Lipinski definition) is 9. The Morgan fingerprint density at radius 3 is 2.37 bits per heavy atom. The molecule has 1 aromatic heterocycles. The Balaban J connectivity index is 1.22. The third-order valence-electron chi connectivity index (χ3n) is 8.48. The van der Waals surface area contributed by atoms with Gasteiger partial charge < -0.3 is 30.2 Å². The number of anilines is 4. The number of carbonyl (C=O) groups excluding carboxylic acids is 2. The molecule has 6 rings (SSSR count). The summed E-state index contributed by atoms with van der Waals surface area (Å²) in [6.07, 6.45) is 3.37. The summed E-state index contributed by atoms with van der Waals surface area (Å²) in [5, 5.41) is 10.4. The summed E-state index contributed by atoms with van der Waals surface area (Å²) < 4.78 is 40.4. The summed E-state index contributed by atoms with van der Waals surface area (Å²) in [7, 11) is 3.03. The summed E-state index contributed by atoms with van der Waals surface area (Å²) in [4.78, 5) is 35.1. The van der Waals surface area contributed by atoms with Gasteiger partial charge in [-0.25, -0.2) is 18.7 Å². The Kier molecular flexibility index (Phi) is 10.7. The van der Waals surface area contributed by atoms with Crippen molar-refractivity contribution in [1.82, 2.24) is 14.7 Å². The van der Waals surface area contributed by atoms with Gasteiger partial charge in [0.15, 0.2) is 5.78 Å². The second-order valence-electron chi connectivity index (χ2n) is 13.3. The number of Topliss-reactive ketones (excluding diaryl/α,β-unsaturated/α-hetero) is 1. The van der Waals surface area contributed by atoms with Crippen molar-refractivity contribution >= 4 is 56.9 Å². The molecule has 0 spiro atoms. The molecule has 0 aliphatic heterocycles. The van der Waals surface area contributed by atoms with E-state index in [9.17, 15) is 18.4 Å². The Bertz CT molecular complexity index is 2170. The van der Waals surface area contributed by atoms with Gasteiger partial charge in [-0.1, -0.05) is 51.1 Å². The van der Waals surface area contributed by atoms with Crippen LogP contribution in [0.15, 0.2) is 79.0 Å². The second-order valence-corrected chi connectivity index (χ2v) is 14.1. The predicted molar refractivity (Wildman–Crippen MR) is 201 cm³/mol. The highest BCUT2D eigenvalue weighted by atomic mass is 32.2. The molecule has 0 saturated heterocycles. The number of ether oxygens (including phenoxy) is 3. The van der Waals surface area contributed by atoms with Crippen molar-refractivity contribution in [3.63, 3.8) is 0 Å². The van der Waals surface area contributed by atoms with E-state index in [1.54, 1.807) is 49.7 Å². The minimum Gasteiger partial charge on any atom is -0.497 e. The monoisotopic (exact) mass is 724 g/mol. The van der Waals surface area contributed by atoms with Crippen molar-refractivity contribution < 1.29 is 32.6 Å². The smallest absolute Gasteiger partial charge is 0.323 e. The SMILES string of the molecule is COc1cc(Nc2nccc(Oc3ccc(NC(=O)Nc4cc(C(C)(C)C)cc(CNS(=O)O)c4OC)c4ccccc34)n2)cc(C(=O)C2CC2)c1. The van der Waals surface area contributed by atoms with Crippen LogP contribution < -0.4 is 34.9 Å². The van der Waals surface area contributed by atoms with Gasteiger partial charge in [-0.05, 0) is 54.2 Å². The van der Waals surface area contributed by atoms with Crippen molar-refractivity contribution in [3.8, 4) is 23.1 Å². The lowest BCUT2D eigenvalue weighted by molar-refractivity contribution is 0.0967. The van der Waals surface area contributed by atoms with Gasteiger partial charge in [0, 0.05) is 58.4 Å². The number of carbonyl (C=O) groups is 2. The van der Waals surface area contributed by atoms with Gasteiger partial charge in [0.25, 0.3) is 0 Å². The molecule has 2 amide bonds. The van der Waals surface area contributed by atoms with Crippen LogP contribution in [0.2, 0.25) is 0 Å². The fraction of sp³-hybridized carbons (Fsp3) is 0.263. The van der Waals surface area contributed by atoms with E-state index in [0.717, 1.165) is 29.2 Å². The molecule has 0 bridgehead atoms. The third kappa shape index (κ3) is 8.65. The maximum absolute atomic E-state index is 13.5. The fourth-order valence-corrected chi connectivity index (χ4v) is 5.96. The summed E-state index contributed by atoms with van der Waals surface area (Å²) >= 11 is -2.23. The van der Waals surface area contributed by atoms with Crippen LogP contribution in [-0.2, 0) is 23.2 Å². The maximum Gasteiger partial charge on any atom is 0.323 e. The second kappa shape index (κ2) is 15.4. The number of benzene rings is 4. The van der Waals surface area contributed by atoms with E-state index >= 15 is 0 Å². The summed E-state index contributed by atoms with van der Waals surface area (Å²) in [5.41, 5.74) is 3.34. The van der Waals surface area contributed by atoms with Crippen molar-refractivity contribution in [2.75, 3.05) is 30.2 Å². The first-order valence-electron chi connectivity index (χ1n) is 16.6. The minimum absolute atomic E-state index is 0.0474. The van der Waals surface area contributed by atoms with Crippen molar-refractivity contribution in [2.45, 2.75) is 45.6 Å². The van der Waals surface area contributed by atoms with E-state index in [4.69, 9.17) is 14.2 Å². The number of nitrogens with zero attached hydrogens (tertiary/aromatic N) is 2. The number of ketones is 1. The molecule has 1 saturated carbocycles. The third-order valence-corrected chi connectivity index (χ3v) is 8.87. The maximum atomic E-state index is 13.5. The topological polar surface area (TPSA) is 173 Å². The zero-order valence-electron chi connectivity index (χ0n) is 29.4.